The molecular formula is C41H50N2O7S. The van der Waals surface area contributed by atoms with Crippen molar-refractivity contribution < 1.29 is 31.6 Å². The average Bonchev–Trinajstić information content (AvgIpc) is 3.60. The van der Waals surface area contributed by atoms with Crippen LogP contribution in [0.25, 0.3) is 11.1 Å². The molecule has 1 heterocycles. The monoisotopic (exact) mass is 714 g/mol. The highest BCUT2D eigenvalue weighted by molar-refractivity contribution is 7.84. The molecule has 2 saturated carbocycles. The number of fused-ring (bicyclic) bond motifs is 8. The van der Waals surface area contributed by atoms with Gasteiger partial charge in [-0.1, -0.05) is 61.5 Å². The summed E-state index contributed by atoms with van der Waals surface area (Å²) >= 11 is 0. The maximum atomic E-state index is 12.9. The minimum atomic E-state index is -4.07. The van der Waals surface area contributed by atoms with Gasteiger partial charge in [-0.05, 0) is 139 Å². The maximum Gasteiger partial charge on any atom is 0.407 e. The molecule has 4 aliphatic carbocycles. The molecule has 1 aliphatic heterocycles. The van der Waals surface area contributed by atoms with Crippen molar-refractivity contribution in [1.82, 2.24) is 5.32 Å². The molecule has 3 aromatic rings. The molecule has 3 N–H and O–H groups in total. The topological polar surface area (TPSA) is 126 Å². The Morgan fingerprint density at radius 2 is 1.75 bits per heavy atom. The summed E-state index contributed by atoms with van der Waals surface area (Å²) in [6, 6.07) is 22.4. The molecule has 0 radical (unpaired) electrons. The van der Waals surface area contributed by atoms with Gasteiger partial charge in [-0.2, -0.15) is 13.6 Å². The third-order valence-corrected chi connectivity index (χ3v) is 13.2. The van der Waals surface area contributed by atoms with Crippen LogP contribution in [0.2, 0.25) is 0 Å². The van der Waals surface area contributed by atoms with E-state index < -0.39 is 10.3 Å². The van der Waals surface area contributed by atoms with Crippen LogP contribution >= 0.6 is 0 Å². The van der Waals surface area contributed by atoms with Crippen molar-refractivity contribution in [3.63, 3.8) is 0 Å². The fraction of sp³-hybridized carbons (Fsp3) is 0.537. The van der Waals surface area contributed by atoms with Gasteiger partial charge < -0.3 is 23.7 Å². The minimum absolute atomic E-state index is 0.0405. The third-order valence-electron chi connectivity index (χ3n) is 12.8. The Balaban J connectivity index is 0.909. The van der Waals surface area contributed by atoms with E-state index in [4.69, 9.17) is 23.5 Å². The van der Waals surface area contributed by atoms with E-state index in [-0.39, 0.29) is 35.6 Å². The summed E-state index contributed by atoms with van der Waals surface area (Å²) in [5.41, 5.74) is 7.38. The van der Waals surface area contributed by atoms with Crippen LogP contribution in [0, 0.1) is 23.2 Å². The summed E-state index contributed by atoms with van der Waals surface area (Å²) in [6.45, 7) is 4.08. The van der Waals surface area contributed by atoms with Gasteiger partial charge in [0.15, 0.2) is 6.29 Å². The summed E-state index contributed by atoms with van der Waals surface area (Å²) in [7, 11) is -4.07. The number of ether oxygens (including phenoxy) is 3. The Hall–Kier alpha value is -3.44. The van der Waals surface area contributed by atoms with E-state index in [0.29, 0.717) is 36.8 Å². The minimum Gasteiger partial charge on any atom is -0.449 e. The number of nitrogens with one attached hydrogen (secondary N) is 1. The van der Waals surface area contributed by atoms with E-state index in [1.54, 1.807) is 6.07 Å². The molecule has 51 heavy (non-hydrogen) atoms. The zero-order valence-corrected chi connectivity index (χ0v) is 30.2. The summed E-state index contributed by atoms with van der Waals surface area (Å²) in [5, 5.41) is 8.18. The standard InChI is InChI=1S/C41H50N2O7S/c1-41-20-19-34-29-18-16-28(50-51(42,45)46)23-26(29)15-17-35(34)37(41)24-27(39(41)49-38-14-6-7-22-47-38)9-8-21-43-40(44)48-25-36-32-12-4-2-10-30(32)31-11-3-5-13-33(31)36/h2-5,10-13,16,18,23,27,34-39H,6-9,14-15,17,19-22,24-25H2,1H3,(H,43,44)(H2,42,45,46)/t27-,34+,35+,37-,38?,39-,41-/m0/s1. The largest absolute Gasteiger partial charge is 0.449 e. The van der Waals surface area contributed by atoms with Crippen LogP contribution in [0.5, 0.6) is 5.75 Å². The van der Waals surface area contributed by atoms with Crippen molar-refractivity contribution >= 4 is 16.4 Å². The van der Waals surface area contributed by atoms with Crippen LogP contribution in [0.1, 0.15) is 98.8 Å². The fourth-order valence-electron chi connectivity index (χ4n) is 10.6. The molecule has 272 valence electrons. The highest BCUT2D eigenvalue weighted by atomic mass is 32.2. The molecule has 0 spiro atoms. The molecule has 3 aromatic carbocycles. The van der Waals surface area contributed by atoms with Gasteiger partial charge in [0.05, 0.1) is 6.10 Å². The summed E-state index contributed by atoms with van der Waals surface area (Å²) in [4.78, 5) is 12.9. The lowest BCUT2D eigenvalue weighted by Crippen LogP contribution is -2.47. The molecule has 3 fully saturated rings. The van der Waals surface area contributed by atoms with Gasteiger partial charge in [-0.3, -0.25) is 0 Å². The second-order valence-electron chi connectivity index (χ2n) is 15.6. The van der Waals surface area contributed by atoms with Gasteiger partial charge in [-0.25, -0.2) is 4.79 Å². The molecule has 5 aliphatic rings. The van der Waals surface area contributed by atoms with E-state index >= 15 is 0 Å². The molecule has 8 rings (SSSR count). The molecule has 9 nitrogen and oxygen atoms in total. The van der Waals surface area contributed by atoms with Gasteiger partial charge in [0.25, 0.3) is 0 Å². The third kappa shape index (κ3) is 6.92. The Labute approximate surface area is 301 Å². The van der Waals surface area contributed by atoms with Crippen LogP contribution < -0.4 is 14.6 Å². The lowest BCUT2D eigenvalue weighted by atomic mass is 9.55. The molecule has 0 aromatic heterocycles. The first-order valence-corrected chi connectivity index (χ1v) is 20.4. The zero-order chi connectivity index (χ0) is 35.2. The molecule has 10 heteroatoms. The highest BCUT2D eigenvalue weighted by Gasteiger charge is 2.59. The Bertz CT molecular complexity index is 1810. The number of carbonyl (C=O) groups excluding carboxylic acids is 1. The lowest BCUT2D eigenvalue weighted by molar-refractivity contribution is -0.221. The first-order chi connectivity index (χ1) is 24.7. The SMILES string of the molecule is C[C@]12CC[C@@H]3c4ccc(OS(N)(=O)=O)cc4CC[C@H]3[C@@H]1C[C@H](CCCNC(=O)OCC1c3ccccc3-c3ccccc31)[C@@H]2OC1CCCCO1. The number of alkyl carbamates (subject to hydrolysis) is 1. The predicted molar refractivity (Wildman–Crippen MR) is 194 cm³/mol. The normalized spacial score (nSPS) is 29.6. The second-order valence-corrected chi connectivity index (χ2v) is 16.8. The number of benzene rings is 3. The number of hydrogen-bond acceptors (Lipinski definition) is 7. The van der Waals surface area contributed by atoms with Crippen LogP contribution in [0.3, 0.4) is 0 Å². The van der Waals surface area contributed by atoms with E-state index in [0.717, 1.165) is 70.8 Å². The van der Waals surface area contributed by atoms with Crippen molar-refractivity contribution in [2.75, 3.05) is 19.8 Å². The Kier molecular flexibility index (Phi) is 9.63. The van der Waals surface area contributed by atoms with Crippen LogP contribution in [-0.2, 0) is 30.9 Å². The lowest BCUT2D eigenvalue weighted by Gasteiger charge is -2.51. The number of hydrogen-bond donors (Lipinski definition) is 2. The molecule has 7 atom stereocenters. The Morgan fingerprint density at radius 3 is 2.47 bits per heavy atom. The quantitative estimate of drug-likeness (QED) is 0.207. The number of nitrogens with two attached hydrogens (primary N) is 1. The van der Waals surface area contributed by atoms with E-state index in [2.05, 4.69) is 54.7 Å². The van der Waals surface area contributed by atoms with Gasteiger partial charge in [0.1, 0.15) is 12.4 Å². The highest BCUT2D eigenvalue weighted by Crippen LogP contribution is 2.64. The number of amides is 1. The first-order valence-electron chi connectivity index (χ1n) is 18.9. The van der Waals surface area contributed by atoms with E-state index in [9.17, 15) is 13.2 Å². The fourth-order valence-corrected chi connectivity index (χ4v) is 11.0. The van der Waals surface area contributed by atoms with Gasteiger partial charge in [0.2, 0.25) is 0 Å². The van der Waals surface area contributed by atoms with Crippen LogP contribution in [-0.4, -0.2) is 46.7 Å². The van der Waals surface area contributed by atoms with Gasteiger partial charge in [0, 0.05) is 19.1 Å². The van der Waals surface area contributed by atoms with E-state index in [1.165, 1.54) is 33.4 Å². The first kappa shape index (κ1) is 34.6. The number of rotatable bonds is 10. The zero-order valence-electron chi connectivity index (χ0n) is 29.4. The van der Waals surface area contributed by atoms with Crippen LogP contribution in [0.4, 0.5) is 4.79 Å². The molecular weight excluding hydrogens is 665 g/mol. The van der Waals surface area contributed by atoms with Crippen molar-refractivity contribution in [1.29, 1.82) is 0 Å². The predicted octanol–water partition coefficient (Wildman–Crippen LogP) is 7.58. The number of aryl methyl sites for hydroxylation is 1. The van der Waals surface area contributed by atoms with Crippen molar-refractivity contribution in [2.24, 2.45) is 28.3 Å². The number of carbonyl (C=O) groups is 1. The van der Waals surface area contributed by atoms with Crippen LogP contribution in [0.15, 0.2) is 66.7 Å². The van der Waals surface area contributed by atoms with Crippen molar-refractivity contribution in [3.05, 3.63) is 89.0 Å². The van der Waals surface area contributed by atoms with E-state index in [1.807, 2.05) is 18.2 Å². The second kappa shape index (κ2) is 14.2. The molecule has 0 bridgehead atoms. The van der Waals surface area contributed by atoms with Crippen molar-refractivity contribution in [2.45, 2.75) is 95.4 Å². The summed E-state index contributed by atoms with van der Waals surface area (Å²) in [6.07, 6.45) is 9.74. The summed E-state index contributed by atoms with van der Waals surface area (Å²) < 4.78 is 47.0. The molecule has 1 amide bonds. The summed E-state index contributed by atoms with van der Waals surface area (Å²) in [5.74, 6) is 2.17. The van der Waals surface area contributed by atoms with Crippen molar-refractivity contribution in [3.8, 4) is 16.9 Å². The van der Waals surface area contributed by atoms with Gasteiger partial charge >= 0.3 is 16.4 Å². The van der Waals surface area contributed by atoms with Gasteiger partial charge in [-0.15, -0.1) is 0 Å². The molecule has 1 unspecified atom stereocenters. The maximum absolute atomic E-state index is 12.9. The average molecular weight is 715 g/mol. The molecule has 1 saturated heterocycles. The smallest absolute Gasteiger partial charge is 0.407 e. The Morgan fingerprint density at radius 1 is 0.980 bits per heavy atom.